The molecule has 1 aromatic rings. The quantitative estimate of drug-likeness (QED) is 0.459. The summed E-state index contributed by atoms with van der Waals surface area (Å²) in [6, 6.07) is 8.96. The Kier molecular flexibility index (Phi) is 5.57. The summed E-state index contributed by atoms with van der Waals surface area (Å²) in [5.41, 5.74) is 0.626. The molecule has 1 atom stereocenters. The van der Waals surface area contributed by atoms with Crippen LogP contribution in [0.1, 0.15) is 17.3 Å². The van der Waals surface area contributed by atoms with Crippen LogP contribution < -0.4 is 0 Å². The van der Waals surface area contributed by atoms with Crippen molar-refractivity contribution in [3.05, 3.63) is 35.9 Å². The Balaban J connectivity index is 2.75. The van der Waals surface area contributed by atoms with E-state index in [9.17, 15) is 9.36 Å². The molecule has 6 heteroatoms. The molecule has 0 aliphatic rings. The number of hydrogen-bond donors (Lipinski definition) is 0. The minimum atomic E-state index is -3.07. The first-order chi connectivity index (χ1) is 8.02. The van der Waals surface area contributed by atoms with Gasteiger partial charge in [-0.1, -0.05) is 0 Å². The van der Waals surface area contributed by atoms with Crippen molar-refractivity contribution in [1.29, 1.82) is 0 Å². The zero-order valence-electron chi connectivity index (χ0n) is 9.95. The van der Waals surface area contributed by atoms with Gasteiger partial charge in [0.25, 0.3) is 0 Å². The van der Waals surface area contributed by atoms with Gasteiger partial charge in [0, 0.05) is 0 Å². The molecule has 0 heterocycles. The van der Waals surface area contributed by atoms with Gasteiger partial charge < -0.3 is 0 Å². The fourth-order valence-corrected chi connectivity index (χ4v) is 6.45. The molecule has 0 saturated heterocycles. The second-order valence-electron chi connectivity index (χ2n) is 3.29. The molecule has 0 amide bonds. The van der Waals surface area contributed by atoms with E-state index in [1.54, 1.807) is 31.2 Å². The number of hydrogen-bond acceptors (Lipinski definition) is 4. The van der Waals surface area contributed by atoms with E-state index < -0.39 is 20.8 Å². The SMILES string of the molecule is COP(=O)(OC)[Se]C(C)C(=O)c1ccccc1. The molecule has 0 bridgehead atoms. The van der Waals surface area contributed by atoms with Gasteiger partial charge in [-0.25, -0.2) is 0 Å². The van der Waals surface area contributed by atoms with E-state index in [2.05, 4.69) is 0 Å². The van der Waals surface area contributed by atoms with Gasteiger partial charge >= 0.3 is 107 Å². The normalized spacial score (nSPS) is 13.4. The van der Waals surface area contributed by atoms with Crippen molar-refractivity contribution >= 4 is 26.6 Å². The summed E-state index contributed by atoms with van der Waals surface area (Å²) in [6.07, 6.45) is -3.07. The number of carbonyl (C=O) groups is 1. The van der Waals surface area contributed by atoms with E-state index in [-0.39, 0.29) is 10.6 Å². The van der Waals surface area contributed by atoms with Crippen molar-refractivity contribution in [2.45, 2.75) is 11.7 Å². The van der Waals surface area contributed by atoms with E-state index in [1.807, 2.05) is 6.07 Å². The Hall–Kier alpha value is -0.441. The number of ketones is 1. The van der Waals surface area contributed by atoms with Crippen LogP contribution in [0.4, 0.5) is 0 Å². The number of benzene rings is 1. The van der Waals surface area contributed by atoms with E-state index >= 15 is 0 Å². The molecule has 4 nitrogen and oxygen atoms in total. The first kappa shape index (κ1) is 14.6. The van der Waals surface area contributed by atoms with Gasteiger partial charge in [-0.15, -0.1) is 0 Å². The molecule has 94 valence electrons. The molecule has 1 aromatic carbocycles. The molecule has 0 saturated carbocycles. The Morgan fingerprint density at radius 2 is 1.76 bits per heavy atom. The first-order valence-corrected chi connectivity index (χ1v) is 9.76. The third-order valence-electron chi connectivity index (χ3n) is 2.16. The van der Waals surface area contributed by atoms with E-state index in [0.29, 0.717) is 5.56 Å². The van der Waals surface area contributed by atoms with Crippen LogP contribution in [0.5, 0.6) is 0 Å². The third-order valence-corrected chi connectivity index (χ3v) is 9.57. The van der Waals surface area contributed by atoms with Gasteiger partial charge in [0.05, 0.1) is 0 Å². The van der Waals surface area contributed by atoms with Crippen molar-refractivity contribution < 1.29 is 18.4 Å². The van der Waals surface area contributed by atoms with Crippen LogP contribution in [0.3, 0.4) is 0 Å². The third kappa shape index (κ3) is 4.06. The summed E-state index contributed by atoms with van der Waals surface area (Å²) >= 11 is -0.524. The molecule has 0 aliphatic heterocycles. The van der Waals surface area contributed by atoms with Gasteiger partial charge in [-0.05, 0) is 0 Å². The predicted molar refractivity (Wildman–Crippen MR) is 67.6 cm³/mol. The summed E-state index contributed by atoms with van der Waals surface area (Å²) in [5.74, 6) is -0.0278. The molecule has 0 fully saturated rings. The molecule has 1 rings (SSSR count). The summed E-state index contributed by atoms with van der Waals surface area (Å²) in [6.45, 7) is 1.75. The average molecular weight is 321 g/mol. The first-order valence-electron chi connectivity index (χ1n) is 5.01. The molecule has 0 spiro atoms. The molecule has 0 radical (unpaired) electrons. The fourth-order valence-electron chi connectivity index (χ4n) is 1.24. The Labute approximate surface area is 107 Å². The van der Waals surface area contributed by atoms with Gasteiger partial charge in [0.2, 0.25) is 0 Å². The monoisotopic (exact) mass is 322 g/mol. The van der Waals surface area contributed by atoms with Crippen LogP contribution >= 0.6 is 6.29 Å². The van der Waals surface area contributed by atoms with E-state index in [1.165, 1.54) is 14.2 Å². The maximum atomic E-state index is 12.0. The Morgan fingerprint density at radius 3 is 2.24 bits per heavy atom. The number of rotatable bonds is 6. The molecule has 0 aromatic heterocycles. The second-order valence-corrected chi connectivity index (χ2v) is 10.8. The van der Waals surface area contributed by atoms with Crippen LogP contribution in [0.2, 0.25) is 4.82 Å². The summed E-state index contributed by atoms with van der Waals surface area (Å²) in [5, 5.41) is 0. The average Bonchev–Trinajstić information content (AvgIpc) is 2.38. The van der Waals surface area contributed by atoms with Gasteiger partial charge in [0.15, 0.2) is 0 Å². The maximum absolute atomic E-state index is 12.0. The standard InChI is InChI=1S/C11H15O4PSe/c1-9(17-16(13,14-2)15-3)11(12)10-7-5-4-6-8-10/h4-9H,1-3H3. The van der Waals surface area contributed by atoms with Crippen LogP contribution in [-0.4, -0.2) is 34.5 Å². The minimum absolute atomic E-state index is 0.0278. The van der Waals surface area contributed by atoms with Gasteiger partial charge in [-0.3, -0.25) is 0 Å². The van der Waals surface area contributed by atoms with Crippen molar-refractivity contribution in [3.8, 4) is 0 Å². The van der Waals surface area contributed by atoms with Gasteiger partial charge in [-0.2, -0.15) is 0 Å². The Bertz CT molecular complexity index is 413. The fraction of sp³-hybridized carbons (Fsp3) is 0.364. The summed E-state index contributed by atoms with van der Waals surface area (Å²) in [4.78, 5) is 11.7. The van der Waals surface area contributed by atoms with E-state index in [4.69, 9.17) is 9.05 Å². The molecule has 17 heavy (non-hydrogen) atoms. The zero-order valence-corrected chi connectivity index (χ0v) is 12.6. The summed E-state index contributed by atoms with van der Waals surface area (Å²) in [7, 11) is 2.68. The number of carbonyl (C=O) groups excluding carboxylic acids is 1. The Morgan fingerprint density at radius 1 is 1.24 bits per heavy atom. The van der Waals surface area contributed by atoms with Crippen LogP contribution in [0, 0.1) is 0 Å². The molecular weight excluding hydrogens is 306 g/mol. The van der Waals surface area contributed by atoms with Crippen molar-refractivity contribution in [2.24, 2.45) is 0 Å². The topological polar surface area (TPSA) is 52.6 Å². The van der Waals surface area contributed by atoms with Crippen molar-refractivity contribution in [2.75, 3.05) is 14.2 Å². The summed E-state index contributed by atoms with van der Waals surface area (Å²) < 4.78 is 21.6. The predicted octanol–water partition coefficient (Wildman–Crippen LogP) is 2.78. The van der Waals surface area contributed by atoms with Crippen molar-refractivity contribution in [3.63, 3.8) is 0 Å². The molecular formula is C11H15O4PSe. The molecule has 0 aliphatic carbocycles. The van der Waals surface area contributed by atoms with Crippen molar-refractivity contribution in [1.82, 2.24) is 0 Å². The molecule has 0 N–H and O–H groups in total. The zero-order chi connectivity index (χ0) is 12.9. The number of Topliss-reactive ketones (excluding diaryl/α,β-unsaturated/α-hetero) is 1. The molecule has 1 unspecified atom stereocenters. The van der Waals surface area contributed by atoms with Crippen LogP contribution in [0.25, 0.3) is 0 Å². The van der Waals surface area contributed by atoms with Crippen LogP contribution in [0.15, 0.2) is 30.3 Å². The van der Waals surface area contributed by atoms with Gasteiger partial charge in [0.1, 0.15) is 0 Å². The van der Waals surface area contributed by atoms with Crippen LogP contribution in [-0.2, 0) is 13.6 Å². The second kappa shape index (κ2) is 6.48. The van der Waals surface area contributed by atoms with E-state index in [0.717, 1.165) is 0 Å².